The van der Waals surface area contributed by atoms with Crippen molar-refractivity contribution in [3.63, 3.8) is 0 Å². The molecular weight excluding hydrogens is 224 g/mol. The molecule has 0 saturated heterocycles. The number of fused-ring (bicyclic) bond motifs is 6. The van der Waals surface area contributed by atoms with E-state index in [-0.39, 0.29) is 17.5 Å². The highest BCUT2D eigenvalue weighted by Gasteiger charge is 2.37. The molecule has 1 aromatic rings. The maximum atomic E-state index is 11.7. The summed E-state index contributed by atoms with van der Waals surface area (Å²) in [4.78, 5) is 23.3. The van der Waals surface area contributed by atoms with Gasteiger partial charge in [0.05, 0.1) is 17.5 Å². The number of aliphatic hydroxyl groups is 1. The van der Waals surface area contributed by atoms with E-state index in [1.54, 1.807) is 6.92 Å². The zero-order valence-corrected chi connectivity index (χ0v) is 9.30. The van der Waals surface area contributed by atoms with E-state index in [4.69, 9.17) is 9.47 Å². The van der Waals surface area contributed by atoms with Crippen molar-refractivity contribution in [2.75, 3.05) is 0 Å². The summed E-state index contributed by atoms with van der Waals surface area (Å²) in [5.74, 6) is -3.62. The summed E-state index contributed by atoms with van der Waals surface area (Å²) in [6, 6.07) is 5.82. The first-order chi connectivity index (χ1) is 8.04. The summed E-state index contributed by atoms with van der Waals surface area (Å²) in [5.41, 5.74) is 0.531. The topological polar surface area (TPSA) is 72.8 Å². The molecule has 0 atom stereocenters. The van der Waals surface area contributed by atoms with Crippen molar-refractivity contribution in [1.82, 2.24) is 0 Å². The van der Waals surface area contributed by atoms with Crippen LogP contribution in [0.4, 0.5) is 0 Å². The summed E-state index contributed by atoms with van der Waals surface area (Å²) in [5, 5.41) is 9.94. The van der Waals surface area contributed by atoms with E-state index in [9.17, 15) is 14.7 Å². The Morgan fingerprint density at radius 2 is 1.47 bits per heavy atom. The number of hydrogen-bond donors (Lipinski definition) is 1. The predicted molar refractivity (Wildman–Crippen MR) is 57.1 cm³/mol. The molecule has 5 nitrogen and oxygen atoms in total. The lowest BCUT2D eigenvalue weighted by molar-refractivity contribution is -0.306. The van der Waals surface area contributed by atoms with Crippen molar-refractivity contribution < 1.29 is 24.2 Å². The first kappa shape index (κ1) is 11.6. The molecule has 0 unspecified atom stereocenters. The number of carbonyl (C=O) groups excluding carboxylic acids is 2. The third-order valence-electron chi connectivity index (χ3n) is 2.43. The van der Waals surface area contributed by atoms with E-state index >= 15 is 0 Å². The molecule has 90 valence electrons. The zero-order valence-electron chi connectivity index (χ0n) is 9.30. The number of ether oxygens (including phenoxy) is 2. The molecular formula is C12H12O5. The van der Waals surface area contributed by atoms with Gasteiger partial charge < -0.3 is 14.6 Å². The largest absolute Gasteiger partial charge is 0.394 e. The Morgan fingerprint density at radius 1 is 1.06 bits per heavy atom. The lowest BCUT2D eigenvalue weighted by atomic mass is 10.1. The maximum absolute atomic E-state index is 11.7. The lowest BCUT2D eigenvalue weighted by Gasteiger charge is -2.25. The van der Waals surface area contributed by atoms with Crippen LogP contribution in [0.1, 0.15) is 40.5 Å². The van der Waals surface area contributed by atoms with Crippen LogP contribution in [0, 0.1) is 0 Å². The van der Waals surface area contributed by atoms with Crippen LogP contribution in [0.15, 0.2) is 24.3 Å². The molecule has 5 heteroatoms. The Morgan fingerprint density at radius 3 is 1.82 bits per heavy atom. The Balaban J connectivity index is 2.39. The third kappa shape index (κ3) is 2.29. The normalized spacial score (nSPS) is 17.8. The molecule has 1 N–H and O–H groups in total. The highest BCUT2D eigenvalue weighted by Crippen LogP contribution is 2.23. The van der Waals surface area contributed by atoms with E-state index in [1.807, 2.05) is 0 Å². The fourth-order valence-corrected chi connectivity index (χ4v) is 1.59. The van der Waals surface area contributed by atoms with Crippen molar-refractivity contribution in [3.8, 4) is 0 Å². The van der Waals surface area contributed by atoms with Gasteiger partial charge in [-0.1, -0.05) is 6.92 Å². The molecule has 0 fully saturated rings. The number of carbonyl (C=O) groups is 2. The van der Waals surface area contributed by atoms with Crippen LogP contribution in [-0.2, 0) is 9.47 Å². The molecule has 3 rings (SSSR count). The monoisotopic (exact) mass is 236 g/mol. The van der Waals surface area contributed by atoms with Gasteiger partial charge in [-0.25, -0.2) is 9.59 Å². The summed E-state index contributed by atoms with van der Waals surface area (Å²) in [6.07, 6.45) is 0.535. The second-order valence-corrected chi connectivity index (χ2v) is 3.82. The van der Waals surface area contributed by atoms with Crippen molar-refractivity contribution in [3.05, 3.63) is 35.4 Å². The van der Waals surface area contributed by atoms with E-state index < -0.39 is 17.9 Å². The molecule has 2 bridgehead atoms. The van der Waals surface area contributed by atoms with Gasteiger partial charge in [0.1, 0.15) is 0 Å². The molecule has 2 aliphatic heterocycles. The van der Waals surface area contributed by atoms with Crippen molar-refractivity contribution in [2.24, 2.45) is 0 Å². The number of esters is 2. The van der Waals surface area contributed by atoms with Gasteiger partial charge in [-0.15, -0.1) is 0 Å². The zero-order chi connectivity index (χ0) is 12.5. The fraction of sp³-hybridized carbons (Fsp3) is 0.333. The van der Waals surface area contributed by atoms with Gasteiger partial charge in [0.25, 0.3) is 0 Å². The molecule has 0 saturated carbocycles. The molecule has 2 heterocycles. The maximum Gasteiger partial charge on any atom is 0.373 e. The van der Waals surface area contributed by atoms with E-state index in [1.165, 1.54) is 24.3 Å². The van der Waals surface area contributed by atoms with Gasteiger partial charge in [-0.2, -0.15) is 0 Å². The second kappa shape index (κ2) is 4.18. The van der Waals surface area contributed by atoms with Crippen LogP contribution >= 0.6 is 0 Å². The SMILES string of the molecule is CCCC1(O)OC(=O)c2ccc(cc2)C(=O)O1. The second-order valence-electron chi connectivity index (χ2n) is 3.82. The summed E-state index contributed by atoms with van der Waals surface area (Å²) < 4.78 is 9.64. The van der Waals surface area contributed by atoms with Crippen molar-refractivity contribution in [2.45, 2.75) is 25.7 Å². The molecule has 2 aliphatic rings. The third-order valence-corrected chi connectivity index (χ3v) is 2.43. The minimum atomic E-state index is -2.18. The smallest absolute Gasteiger partial charge is 0.373 e. The molecule has 0 amide bonds. The van der Waals surface area contributed by atoms with E-state index in [0.717, 1.165) is 0 Å². The Hall–Kier alpha value is -1.88. The highest BCUT2D eigenvalue weighted by atomic mass is 16.8. The van der Waals surface area contributed by atoms with Gasteiger partial charge in [0, 0.05) is 0 Å². The van der Waals surface area contributed by atoms with Gasteiger partial charge in [0.15, 0.2) is 0 Å². The molecule has 17 heavy (non-hydrogen) atoms. The van der Waals surface area contributed by atoms with Crippen molar-refractivity contribution in [1.29, 1.82) is 0 Å². The van der Waals surface area contributed by atoms with Crippen LogP contribution in [0.25, 0.3) is 0 Å². The molecule has 0 spiro atoms. The molecule has 0 radical (unpaired) electrons. The minimum absolute atomic E-state index is 0.0328. The number of rotatable bonds is 2. The molecule has 1 aromatic carbocycles. The van der Waals surface area contributed by atoms with Gasteiger partial charge in [-0.05, 0) is 30.7 Å². The average molecular weight is 236 g/mol. The average Bonchev–Trinajstić information content (AvgIpc) is 2.34. The van der Waals surface area contributed by atoms with Crippen LogP contribution in [0.2, 0.25) is 0 Å². The van der Waals surface area contributed by atoms with Crippen LogP contribution in [0.3, 0.4) is 0 Å². The summed E-state index contributed by atoms with van der Waals surface area (Å²) in [6.45, 7) is 1.78. The number of benzene rings is 1. The van der Waals surface area contributed by atoms with Crippen LogP contribution in [0.5, 0.6) is 0 Å². The fourth-order valence-electron chi connectivity index (χ4n) is 1.59. The summed E-state index contributed by atoms with van der Waals surface area (Å²) in [7, 11) is 0. The predicted octanol–water partition coefficient (Wildman–Crippen LogP) is 1.46. The van der Waals surface area contributed by atoms with Crippen LogP contribution in [-0.4, -0.2) is 23.0 Å². The minimum Gasteiger partial charge on any atom is -0.394 e. The molecule has 0 aliphatic carbocycles. The Labute approximate surface area is 98.0 Å². The Kier molecular flexibility index (Phi) is 2.85. The first-order valence-corrected chi connectivity index (χ1v) is 5.33. The van der Waals surface area contributed by atoms with Crippen LogP contribution < -0.4 is 0 Å². The van der Waals surface area contributed by atoms with Gasteiger partial charge >= 0.3 is 17.9 Å². The summed E-state index contributed by atoms with van der Waals surface area (Å²) >= 11 is 0. The molecule has 0 aromatic heterocycles. The Bertz CT molecular complexity index is 411. The first-order valence-electron chi connectivity index (χ1n) is 5.33. The quantitative estimate of drug-likeness (QED) is 0.787. The van der Waals surface area contributed by atoms with Gasteiger partial charge in [-0.3, -0.25) is 0 Å². The van der Waals surface area contributed by atoms with E-state index in [2.05, 4.69) is 0 Å². The van der Waals surface area contributed by atoms with Crippen molar-refractivity contribution >= 4 is 11.9 Å². The number of hydrogen-bond acceptors (Lipinski definition) is 5. The van der Waals surface area contributed by atoms with Gasteiger partial charge in [0.2, 0.25) is 0 Å². The van der Waals surface area contributed by atoms with E-state index in [0.29, 0.717) is 6.42 Å². The lowest BCUT2D eigenvalue weighted by Crippen LogP contribution is -2.39. The standard InChI is InChI=1S/C12H12O5/c1-2-7-12(15)16-10(13)8-3-4-9(6-5-8)11(14)17-12/h3-6,15H,2,7H2,1H3. The highest BCUT2D eigenvalue weighted by molar-refractivity contribution is 5.94.